The van der Waals surface area contributed by atoms with Crippen LogP contribution in [-0.4, -0.2) is 36.9 Å². The average molecular weight is 273 g/mol. The minimum Gasteiger partial charge on any atom is -0.508 e. The number of sulfone groups is 1. The molecule has 0 spiro atoms. The molecule has 0 amide bonds. The number of aromatic hydroxyl groups is 1. The van der Waals surface area contributed by atoms with Crippen molar-refractivity contribution in [3.63, 3.8) is 0 Å². The van der Waals surface area contributed by atoms with Crippen molar-refractivity contribution in [1.82, 2.24) is 0 Å². The fourth-order valence-corrected chi connectivity index (χ4v) is 2.55. The van der Waals surface area contributed by atoms with Crippen molar-refractivity contribution in [3.05, 3.63) is 23.3 Å². The maximum Gasteiger partial charge on any atom is 0.320 e. The van der Waals surface area contributed by atoms with Gasteiger partial charge >= 0.3 is 5.97 Å². The number of carboxylic acid groups (broad SMARTS) is 1. The van der Waals surface area contributed by atoms with Gasteiger partial charge in [0.1, 0.15) is 11.8 Å². The zero-order chi connectivity index (χ0) is 14.1. The zero-order valence-corrected chi connectivity index (χ0v) is 10.9. The molecular formula is C11H15NO5S. The summed E-state index contributed by atoms with van der Waals surface area (Å²) >= 11 is 0. The Morgan fingerprint density at radius 3 is 2.44 bits per heavy atom. The summed E-state index contributed by atoms with van der Waals surface area (Å²) < 4.78 is 23.2. The van der Waals surface area contributed by atoms with E-state index in [1.54, 1.807) is 6.92 Å². The van der Waals surface area contributed by atoms with E-state index in [1.807, 2.05) is 0 Å². The van der Waals surface area contributed by atoms with Gasteiger partial charge in [-0.1, -0.05) is 0 Å². The van der Waals surface area contributed by atoms with Crippen LogP contribution in [0.15, 0.2) is 17.0 Å². The van der Waals surface area contributed by atoms with Gasteiger partial charge in [-0.3, -0.25) is 4.79 Å². The fourth-order valence-electron chi connectivity index (χ4n) is 1.54. The van der Waals surface area contributed by atoms with Crippen molar-refractivity contribution in [2.75, 3.05) is 6.26 Å². The Morgan fingerprint density at radius 1 is 1.44 bits per heavy atom. The summed E-state index contributed by atoms with van der Waals surface area (Å²) in [5.41, 5.74) is 5.98. The molecule has 0 fully saturated rings. The van der Waals surface area contributed by atoms with E-state index < -0.39 is 21.8 Å². The molecule has 0 heterocycles. The number of phenols is 1. The molecule has 1 atom stereocenters. The van der Waals surface area contributed by atoms with Gasteiger partial charge in [-0.05, 0) is 36.6 Å². The molecule has 0 aliphatic carbocycles. The topological polar surface area (TPSA) is 118 Å². The second-order valence-electron chi connectivity index (χ2n) is 4.17. The summed E-state index contributed by atoms with van der Waals surface area (Å²) in [6.45, 7) is 1.56. The van der Waals surface area contributed by atoms with Crippen molar-refractivity contribution in [2.24, 2.45) is 5.73 Å². The first-order valence-corrected chi connectivity index (χ1v) is 7.03. The van der Waals surface area contributed by atoms with E-state index in [2.05, 4.69) is 0 Å². The standard InChI is InChI=1S/C11H15NO5S/c1-6-3-10(18(2,16)17)7(5-9(6)13)4-8(12)11(14)15/h3,5,8,13H,4,12H2,1-2H3,(H,14,15). The van der Waals surface area contributed by atoms with Crippen molar-refractivity contribution in [3.8, 4) is 5.75 Å². The van der Waals surface area contributed by atoms with Crippen LogP contribution in [-0.2, 0) is 21.1 Å². The molecule has 0 saturated heterocycles. The lowest BCUT2D eigenvalue weighted by molar-refractivity contribution is -0.138. The highest BCUT2D eigenvalue weighted by Crippen LogP contribution is 2.26. The number of hydrogen-bond acceptors (Lipinski definition) is 5. The number of hydrogen-bond donors (Lipinski definition) is 3. The fraction of sp³-hybridized carbons (Fsp3) is 0.364. The summed E-state index contributed by atoms with van der Waals surface area (Å²) in [6.07, 6.45) is 0.861. The van der Waals surface area contributed by atoms with Crippen LogP contribution in [0.25, 0.3) is 0 Å². The Bertz CT molecular complexity index is 579. The third-order valence-corrected chi connectivity index (χ3v) is 3.71. The van der Waals surface area contributed by atoms with Gasteiger partial charge < -0.3 is 15.9 Å². The lowest BCUT2D eigenvalue weighted by atomic mass is 10.0. The van der Waals surface area contributed by atoms with Gasteiger partial charge in [0.25, 0.3) is 0 Å². The van der Waals surface area contributed by atoms with Crippen LogP contribution in [0, 0.1) is 6.92 Å². The molecule has 0 radical (unpaired) electrons. The first-order valence-electron chi connectivity index (χ1n) is 5.14. The lowest BCUT2D eigenvalue weighted by Crippen LogP contribution is -2.32. The molecule has 0 aliphatic rings. The van der Waals surface area contributed by atoms with E-state index in [4.69, 9.17) is 10.8 Å². The molecule has 0 saturated carbocycles. The Labute approximate surface area is 105 Å². The van der Waals surface area contributed by atoms with Gasteiger partial charge in [-0.25, -0.2) is 8.42 Å². The minimum atomic E-state index is -3.50. The van der Waals surface area contributed by atoms with Crippen molar-refractivity contribution in [2.45, 2.75) is 24.3 Å². The van der Waals surface area contributed by atoms with E-state index in [1.165, 1.54) is 12.1 Å². The van der Waals surface area contributed by atoms with Crippen molar-refractivity contribution in [1.29, 1.82) is 0 Å². The number of carbonyl (C=O) groups is 1. The van der Waals surface area contributed by atoms with Gasteiger partial charge in [0.2, 0.25) is 0 Å². The molecule has 1 aromatic carbocycles. The van der Waals surface area contributed by atoms with Gasteiger partial charge in [-0.15, -0.1) is 0 Å². The zero-order valence-electron chi connectivity index (χ0n) is 10.0. The van der Waals surface area contributed by atoms with E-state index in [9.17, 15) is 18.3 Å². The van der Waals surface area contributed by atoms with Crippen LogP contribution in [0.1, 0.15) is 11.1 Å². The molecule has 100 valence electrons. The third kappa shape index (κ3) is 3.21. The second kappa shape index (κ2) is 4.95. The van der Waals surface area contributed by atoms with E-state index >= 15 is 0 Å². The van der Waals surface area contributed by atoms with Crippen LogP contribution in [0.3, 0.4) is 0 Å². The number of aliphatic carboxylic acids is 1. The predicted molar refractivity (Wildman–Crippen MR) is 65.3 cm³/mol. The first-order chi connectivity index (χ1) is 8.12. The molecular weight excluding hydrogens is 258 g/mol. The monoisotopic (exact) mass is 273 g/mol. The van der Waals surface area contributed by atoms with Crippen LogP contribution >= 0.6 is 0 Å². The molecule has 0 bridgehead atoms. The number of aryl methyl sites for hydroxylation is 1. The van der Waals surface area contributed by atoms with Gasteiger partial charge in [0.05, 0.1) is 4.90 Å². The minimum absolute atomic E-state index is 0.00509. The Morgan fingerprint density at radius 2 is 2.00 bits per heavy atom. The van der Waals surface area contributed by atoms with Crippen LogP contribution < -0.4 is 5.73 Å². The van der Waals surface area contributed by atoms with E-state index in [-0.39, 0.29) is 22.6 Å². The maximum atomic E-state index is 11.6. The molecule has 4 N–H and O–H groups in total. The van der Waals surface area contributed by atoms with E-state index in [0.717, 1.165) is 6.26 Å². The third-order valence-electron chi connectivity index (χ3n) is 2.54. The van der Waals surface area contributed by atoms with E-state index in [0.29, 0.717) is 5.56 Å². The summed E-state index contributed by atoms with van der Waals surface area (Å²) in [4.78, 5) is 10.7. The molecule has 0 aromatic heterocycles. The van der Waals surface area contributed by atoms with Crippen molar-refractivity contribution >= 4 is 15.8 Å². The summed E-state index contributed by atoms with van der Waals surface area (Å²) in [5, 5.41) is 18.3. The quantitative estimate of drug-likeness (QED) is 0.714. The number of benzene rings is 1. The van der Waals surface area contributed by atoms with Crippen LogP contribution in [0.4, 0.5) is 0 Å². The normalized spacial score (nSPS) is 13.3. The number of carboxylic acids is 1. The summed E-state index contributed by atoms with van der Waals surface area (Å²) in [5.74, 6) is -1.32. The number of nitrogens with two attached hydrogens (primary N) is 1. The average Bonchev–Trinajstić information content (AvgIpc) is 2.21. The Balaban J connectivity index is 3.33. The number of phenolic OH excluding ortho intramolecular Hbond substituents is 1. The van der Waals surface area contributed by atoms with Gasteiger partial charge in [0.15, 0.2) is 9.84 Å². The largest absolute Gasteiger partial charge is 0.508 e. The molecule has 1 rings (SSSR count). The van der Waals surface area contributed by atoms with Gasteiger partial charge in [0, 0.05) is 6.26 Å². The molecule has 1 unspecified atom stereocenters. The highest BCUT2D eigenvalue weighted by molar-refractivity contribution is 7.90. The molecule has 6 nitrogen and oxygen atoms in total. The Kier molecular flexibility index (Phi) is 3.98. The summed E-state index contributed by atoms with van der Waals surface area (Å²) in [7, 11) is -3.50. The van der Waals surface area contributed by atoms with Crippen LogP contribution in [0.5, 0.6) is 5.75 Å². The molecule has 7 heteroatoms. The van der Waals surface area contributed by atoms with Gasteiger partial charge in [-0.2, -0.15) is 0 Å². The van der Waals surface area contributed by atoms with Crippen LogP contribution in [0.2, 0.25) is 0 Å². The molecule has 18 heavy (non-hydrogen) atoms. The second-order valence-corrected chi connectivity index (χ2v) is 6.15. The smallest absolute Gasteiger partial charge is 0.320 e. The molecule has 0 aliphatic heterocycles. The highest BCUT2D eigenvalue weighted by atomic mass is 32.2. The number of rotatable bonds is 4. The first kappa shape index (κ1) is 14.5. The predicted octanol–water partition coefficient (Wildman–Crippen LogP) is 0.0585. The SMILES string of the molecule is Cc1cc(S(C)(=O)=O)c(CC(N)C(=O)O)cc1O. The van der Waals surface area contributed by atoms with Crippen molar-refractivity contribution < 1.29 is 23.4 Å². The molecule has 1 aromatic rings. The maximum absolute atomic E-state index is 11.6. The highest BCUT2D eigenvalue weighted by Gasteiger charge is 2.20. The lowest BCUT2D eigenvalue weighted by Gasteiger charge is -2.12. The Hall–Kier alpha value is -1.60. The summed E-state index contributed by atoms with van der Waals surface area (Å²) in [6, 6.07) is 1.34.